The minimum Gasteiger partial charge on any atom is -0.320 e. The van der Waals surface area contributed by atoms with Crippen LogP contribution in [0.3, 0.4) is 0 Å². The summed E-state index contributed by atoms with van der Waals surface area (Å²) in [5, 5.41) is 2.11. The van der Waals surface area contributed by atoms with Crippen LogP contribution in [0.5, 0.6) is 0 Å². The minimum atomic E-state index is 0.435. The SMILES string of the molecule is CC1CC1CN(C)Cc1sccc1C#CCN. The molecule has 17 heavy (non-hydrogen) atoms. The van der Waals surface area contributed by atoms with Crippen LogP contribution in [0.25, 0.3) is 0 Å². The van der Waals surface area contributed by atoms with Gasteiger partial charge >= 0.3 is 0 Å². The first kappa shape index (κ1) is 12.6. The summed E-state index contributed by atoms with van der Waals surface area (Å²) in [5.74, 6) is 7.92. The topological polar surface area (TPSA) is 29.3 Å². The fourth-order valence-electron chi connectivity index (χ4n) is 2.08. The zero-order valence-electron chi connectivity index (χ0n) is 10.6. The van der Waals surface area contributed by atoms with E-state index in [0.717, 1.165) is 23.9 Å². The fraction of sp³-hybridized carbons (Fsp3) is 0.571. The summed E-state index contributed by atoms with van der Waals surface area (Å²) < 4.78 is 0. The van der Waals surface area contributed by atoms with E-state index in [0.29, 0.717) is 6.54 Å². The molecule has 92 valence electrons. The van der Waals surface area contributed by atoms with Crippen molar-refractivity contribution in [2.75, 3.05) is 20.1 Å². The molecule has 0 radical (unpaired) electrons. The molecule has 1 fully saturated rings. The highest BCUT2D eigenvalue weighted by atomic mass is 32.1. The molecule has 2 rings (SSSR count). The van der Waals surface area contributed by atoms with E-state index < -0.39 is 0 Å². The van der Waals surface area contributed by atoms with Crippen LogP contribution in [0.4, 0.5) is 0 Å². The third-order valence-corrected chi connectivity index (χ3v) is 4.21. The van der Waals surface area contributed by atoms with Crippen molar-refractivity contribution >= 4 is 11.3 Å². The molecule has 0 bridgehead atoms. The van der Waals surface area contributed by atoms with E-state index in [2.05, 4.69) is 42.2 Å². The summed E-state index contributed by atoms with van der Waals surface area (Å²) in [5.41, 5.74) is 6.55. The largest absolute Gasteiger partial charge is 0.320 e. The Morgan fingerprint density at radius 3 is 3.00 bits per heavy atom. The van der Waals surface area contributed by atoms with Crippen molar-refractivity contribution in [2.24, 2.45) is 17.6 Å². The zero-order chi connectivity index (χ0) is 12.3. The van der Waals surface area contributed by atoms with E-state index in [9.17, 15) is 0 Å². The van der Waals surface area contributed by atoms with E-state index >= 15 is 0 Å². The molecule has 3 heteroatoms. The standard InChI is InChI=1S/C14H20N2S/c1-11-8-13(11)9-16(2)10-14-12(4-3-6-15)5-7-17-14/h5,7,11,13H,6,8-10,15H2,1-2H3. The molecule has 1 aliphatic carbocycles. The highest BCUT2D eigenvalue weighted by molar-refractivity contribution is 7.10. The van der Waals surface area contributed by atoms with Crippen molar-refractivity contribution in [3.8, 4) is 11.8 Å². The van der Waals surface area contributed by atoms with E-state index in [-0.39, 0.29) is 0 Å². The summed E-state index contributed by atoms with van der Waals surface area (Å²) in [6, 6.07) is 2.09. The van der Waals surface area contributed by atoms with Crippen LogP contribution in [-0.2, 0) is 6.54 Å². The Bertz CT molecular complexity index is 427. The van der Waals surface area contributed by atoms with Crippen molar-refractivity contribution in [1.29, 1.82) is 0 Å². The first-order valence-electron chi connectivity index (χ1n) is 6.14. The van der Waals surface area contributed by atoms with Crippen LogP contribution in [0.1, 0.15) is 23.8 Å². The molecule has 0 amide bonds. The molecule has 0 saturated heterocycles. The summed E-state index contributed by atoms with van der Waals surface area (Å²) in [6.07, 6.45) is 1.40. The Morgan fingerprint density at radius 2 is 2.35 bits per heavy atom. The van der Waals surface area contributed by atoms with Crippen LogP contribution in [0.15, 0.2) is 11.4 Å². The smallest absolute Gasteiger partial charge is 0.0555 e. The summed E-state index contributed by atoms with van der Waals surface area (Å²) in [6.45, 7) is 4.99. The van der Waals surface area contributed by atoms with Gasteiger partial charge in [-0.1, -0.05) is 18.8 Å². The molecule has 1 aromatic rings. The predicted molar refractivity (Wildman–Crippen MR) is 73.9 cm³/mol. The third-order valence-electron chi connectivity index (χ3n) is 3.31. The van der Waals surface area contributed by atoms with Crippen molar-refractivity contribution in [3.05, 3.63) is 21.9 Å². The van der Waals surface area contributed by atoms with Crippen LogP contribution in [0.2, 0.25) is 0 Å². The van der Waals surface area contributed by atoms with Gasteiger partial charge < -0.3 is 10.6 Å². The number of nitrogens with zero attached hydrogens (tertiary/aromatic N) is 1. The fourth-order valence-corrected chi connectivity index (χ4v) is 2.99. The van der Waals surface area contributed by atoms with E-state index in [1.807, 2.05) is 0 Å². The molecule has 1 aromatic heterocycles. The van der Waals surface area contributed by atoms with E-state index in [1.165, 1.54) is 17.8 Å². The number of rotatable bonds is 4. The van der Waals surface area contributed by atoms with Gasteiger partial charge in [0.2, 0.25) is 0 Å². The van der Waals surface area contributed by atoms with Gasteiger partial charge in [-0.15, -0.1) is 11.3 Å². The zero-order valence-corrected chi connectivity index (χ0v) is 11.4. The molecule has 2 unspecified atom stereocenters. The van der Waals surface area contributed by atoms with Crippen molar-refractivity contribution < 1.29 is 0 Å². The number of nitrogens with two attached hydrogens (primary N) is 1. The molecule has 0 aliphatic heterocycles. The molecule has 0 aromatic carbocycles. The summed E-state index contributed by atoms with van der Waals surface area (Å²) >= 11 is 1.79. The van der Waals surface area contributed by atoms with Crippen molar-refractivity contribution in [3.63, 3.8) is 0 Å². The molecule has 0 spiro atoms. The highest BCUT2D eigenvalue weighted by Crippen LogP contribution is 2.38. The Labute approximate surface area is 108 Å². The second-order valence-electron chi connectivity index (χ2n) is 4.93. The number of hydrogen-bond donors (Lipinski definition) is 1. The lowest BCUT2D eigenvalue weighted by Gasteiger charge is -2.15. The predicted octanol–water partition coefficient (Wildman–Crippen LogP) is 2.15. The minimum absolute atomic E-state index is 0.435. The van der Waals surface area contributed by atoms with Crippen LogP contribution >= 0.6 is 11.3 Å². The molecule has 1 saturated carbocycles. The van der Waals surface area contributed by atoms with Gasteiger partial charge in [0.15, 0.2) is 0 Å². The van der Waals surface area contributed by atoms with Crippen LogP contribution in [0, 0.1) is 23.7 Å². The Hall–Kier alpha value is -0.820. The average Bonchev–Trinajstić information content (AvgIpc) is 2.80. The van der Waals surface area contributed by atoms with Crippen LogP contribution < -0.4 is 5.73 Å². The molecule has 2 nitrogen and oxygen atoms in total. The second-order valence-corrected chi connectivity index (χ2v) is 5.93. The first-order valence-corrected chi connectivity index (χ1v) is 7.02. The van der Waals surface area contributed by atoms with Gasteiger partial charge in [0.25, 0.3) is 0 Å². The van der Waals surface area contributed by atoms with Crippen molar-refractivity contribution in [2.45, 2.75) is 19.9 Å². The summed E-state index contributed by atoms with van der Waals surface area (Å²) in [7, 11) is 2.20. The van der Waals surface area contributed by atoms with Gasteiger partial charge in [-0.05, 0) is 36.8 Å². The van der Waals surface area contributed by atoms with Gasteiger partial charge in [0.1, 0.15) is 0 Å². The number of hydrogen-bond acceptors (Lipinski definition) is 3. The Kier molecular flexibility index (Phi) is 4.22. The lowest BCUT2D eigenvalue weighted by atomic mass is 10.2. The Balaban J connectivity index is 1.91. The molecule has 2 N–H and O–H groups in total. The molecule has 1 heterocycles. The number of thiophene rings is 1. The van der Waals surface area contributed by atoms with E-state index in [4.69, 9.17) is 5.73 Å². The second kappa shape index (κ2) is 5.68. The maximum Gasteiger partial charge on any atom is 0.0555 e. The lowest BCUT2D eigenvalue weighted by Crippen LogP contribution is -2.20. The third kappa shape index (κ3) is 3.57. The molecule has 2 atom stereocenters. The van der Waals surface area contributed by atoms with Gasteiger partial charge in [-0.3, -0.25) is 0 Å². The molecular weight excluding hydrogens is 228 g/mol. The van der Waals surface area contributed by atoms with Crippen molar-refractivity contribution in [1.82, 2.24) is 4.90 Å². The molecule has 1 aliphatic rings. The molecular formula is C14H20N2S. The average molecular weight is 248 g/mol. The van der Waals surface area contributed by atoms with Gasteiger partial charge in [-0.25, -0.2) is 0 Å². The van der Waals surface area contributed by atoms with Crippen LogP contribution in [-0.4, -0.2) is 25.0 Å². The monoisotopic (exact) mass is 248 g/mol. The summed E-state index contributed by atoms with van der Waals surface area (Å²) in [4.78, 5) is 3.77. The maximum atomic E-state index is 5.41. The first-order chi connectivity index (χ1) is 8.20. The lowest BCUT2D eigenvalue weighted by molar-refractivity contribution is 0.310. The van der Waals surface area contributed by atoms with Gasteiger partial charge in [0, 0.05) is 23.5 Å². The highest BCUT2D eigenvalue weighted by Gasteiger charge is 2.33. The maximum absolute atomic E-state index is 5.41. The van der Waals surface area contributed by atoms with Gasteiger partial charge in [0.05, 0.1) is 6.54 Å². The van der Waals surface area contributed by atoms with E-state index in [1.54, 1.807) is 11.3 Å². The normalized spacial score (nSPS) is 22.4. The Morgan fingerprint density at radius 1 is 1.59 bits per heavy atom. The van der Waals surface area contributed by atoms with Gasteiger partial charge in [-0.2, -0.15) is 0 Å². The quantitative estimate of drug-likeness (QED) is 0.827.